The maximum Gasteiger partial charge on any atom is 0.248 e. The Morgan fingerprint density at radius 1 is 1.17 bits per heavy atom. The SMILES string of the molecule is Cc1ccc(Cl)cc1N1CCN(C(=O)COC2CCCCC2)CC1. The molecular weight excluding hydrogens is 324 g/mol. The number of rotatable bonds is 4. The Morgan fingerprint density at radius 2 is 1.88 bits per heavy atom. The summed E-state index contributed by atoms with van der Waals surface area (Å²) >= 11 is 6.12. The van der Waals surface area contributed by atoms with E-state index in [1.807, 2.05) is 23.1 Å². The maximum absolute atomic E-state index is 12.4. The third-order valence-corrected chi connectivity index (χ3v) is 5.37. The highest BCUT2D eigenvalue weighted by Gasteiger charge is 2.23. The molecule has 3 rings (SSSR count). The van der Waals surface area contributed by atoms with Gasteiger partial charge in [0.25, 0.3) is 0 Å². The number of anilines is 1. The first-order valence-electron chi connectivity index (χ1n) is 9.04. The van der Waals surface area contributed by atoms with Crippen molar-refractivity contribution in [3.05, 3.63) is 28.8 Å². The van der Waals surface area contributed by atoms with Crippen LogP contribution in [0.1, 0.15) is 37.7 Å². The minimum atomic E-state index is 0.128. The Bertz CT molecular complexity index is 564. The molecule has 1 aromatic carbocycles. The molecule has 1 saturated heterocycles. The van der Waals surface area contributed by atoms with E-state index in [1.165, 1.54) is 30.5 Å². The fourth-order valence-corrected chi connectivity index (χ4v) is 3.80. The highest BCUT2D eigenvalue weighted by Crippen LogP contribution is 2.25. The van der Waals surface area contributed by atoms with Gasteiger partial charge in [-0.2, -0.15) is 0 Å². The summed E-state index contributed by atoms with van der Waals surface area (Å²) < 4.78 is 5.82. The number of piperazine rings is 1. The third kappa shape index (κ3) is 4.42. The maximum atomic E-state index is 12.4. The van der Waals surface area contributed by atoms with E-state index in [-0.39, 0.29) is 18.6 Å². The van der Waals surface area contributed by atoms with Crippen molar-refractivity contribution in [3.63, 3.8) is 0 Å². The van der Waals surface area contributed by atoms with Gasteiger partial charge in [-0.25, -0.2) is 0 Å². The molecule has 1 saturated carbocycles. The Balaban J connectivity index is 1.47. The molecule has 132 valence electrons. The van der Waals surface area contributed by atoms with Crippen LogP contribution in [0.2, 0.25) is 5.02 Å². The average molecular weight is 351 g/mol. The first-order chi connectivity index (χ1) is 11.6. The van der Waals surface area contributed by atoms with Crippen molar-refractivity contribution < 1.29 is 9.53 Å². The molecule has 0 N–H and O–H groups in total. The van der Waals surface area contributed by atoms with E-state index in [4.69, 9.17) is 16.3 Å². The van der Waals surface area contributed by atoms with Gasteiger partial charge in [-0.05, 0) is 37.5 Å². The molecular formula is C19H27ClN2O2. The topological polar surface area (TPSA) is 32.8 Å². The van der Waals surface area contributed by atoms with Crippen molar-refractivity contribution in [1.29, 1.82) is 0 Å². The highest BCUT2D eigenvalue weighted by molar-refractivity contribution is 6.30. The van der Waals surface area contributed by atoms with Crippen LogP contribution in [-0.4, -0.2) is 49.7 Å². The van der Waals surface area contributed by atoms with Gasteiger partial charge in [0.1, 0.15) is 6.61 Å². The number of hydrogen-bond acceptors (Lipinski definition) is 3. The zero-order valence-corrected chi connectivity index (χ0v) is 15.2. The van der Waals surface area contributed by atoms with E-state index in [2.05, 4.69) is 11.8 Å². The number of aryl methyl sites for hydroxylation is 1. The predicted molar refractivity (Wildman–Crippen MR) is 97.8 cm³/mol. The standard InChI is InChI=1S/C19H27ClN2O2/c1-15-7-8-16(20)13-18(15)21-9-11-22(12-10-21)19(23)14-24-17-5-3-2-4-6-17/h7-8,13,17H,2-6,9-12,14H2,1H3. The number of nitrogens with zero attached hydrogens (tertiary/aromatic N) is 2. The van der Waals surface area contributed by atoms with E-state index >= 15 is 0 Å². The largest absolute Gasteiger partial charge is 0.368 e. The van der Waals surface area contributed by atoms with Gasteiger partial charge >= 0.3 is 0 Å². The number of halogens is 1. The van der Waals surface area contributed by atoms with Gasteiger partial charge in [0.15, 0.2) is 0 Å². The molecule has 0 atom stereocenters. The van der Waals surface area contributed by atoms with Crippen LogP contribution >= 0.6 is 11.6 Å². The van der Waals surface area contributed by atoms with Gasteiger partial charge in [0.05, 0.1) is 6.10 Å². The zero-order chi connectivity index (χ0) is 16.9. The molecule has 0 radical (unpaired) electrons. The quantitative estimate of drug-likeness (QED) is 0.831. The molecule has 1 aliphatic heterocycles. The van der Waals surface area contributed by atoms with Gasteiger partial charge in [-0.15, -0.1) is 0 Å². The smallest absolute Gasteiger partial charge is 0.248 e. The number of benzene rings is 1. The molecule has 0 unspecified atom stereocenters. The second-order valence-electron chi connectivity index (χ2n) is 6.87. The summed E-state index contributed by atoms with van der Waals surface area (Å²) in [7, 11) is 0. The van der Waals surface area contributed by atoms with E-state index in [9.17, 15) is 4.79 Å². The van der Waals surface area contributed by atoms with Gasteiger partial charge < -0.3 is 14.5 Å². The van der Waals surface area contributed by atoms with E-state index in [0.717, 1.165) is 44.0 Å². The van der Waals surface area contributed by atoms with Crippen LogP contribution in [0.5, 0.6) is 0 Å². The van der Waals surface area contributed by atoms with Crippen molar-refractivity contribution in [2.24, 2.45) is 0 Å². The lowest BCUT2D eigenvalue weighted by Crippen LogP contribution is -2.50. The molecule has 1 aliphatic carbocycles. The molecule has 0 aromatic heterocycles. The van der Waals surface area contributed by atoms with Crippen LogP contribution in [-0.2, 0) is 9.53 Å². The minimum absolute atomic E-state index is 0.128. The third-order valence-electron chi connectivity index (χ3n) is 5.14. The molecule has 5 heteroatoms. The Morgan fingerprint density at radius 3 is 2.58 bits per heavy atom. The summed E-state index contributed by atoms with van der Waals surface area (Å²) in [5.41, 5.74) is 2.40. The van der Waals surface area contributed by atoms with Gasteiger partial charge in [0, 0.05) is 36.9 Å². The van der Waals surface area contributed by atoms with Crippen LogP contribution in [0.3, 0.4) is 0 Å². The van der Waals surface area contributed by atoms with Gasteiger partial charge in [-0.1, -0.05) is 36.9 Å². The van der Waals surface area contributed by atoms with E-state index in [0.29, 0.717) is 0 Å². The molecule has 2 fully saturated rings. The summed E-state index contributed by atoms with van der Waals surface area (Å²) in [6.45, 7) is 5.52. The molecule has 1 aromatic rings. The molecule has 4 nitrogen and oxygen atoms in total. The highest BCUT2D eigenvalue weighted by atomic mass is 35.5. The lowest BCUT2D eigenvalue weighted by Gasteiger charge is -2.37. The van der Waals surface area contributed by atoms with Crippen LogP contribution in [0.4, 0.5) is 5.69 Å². The number of carbonyl (C=O) groups is 1. The van der Waals surface area contributed by atoms with Crippen LogP contribution in [0.25, 0.3) is 0 Å². The Hall–Kier alpha value is -1.26. The molecule has 0 bridgehead atoms. The first-order valence-corrected chi connectivity index (χ1v) is 9.42. The van der Waals surface area contributed by atoms with Crippen molar-refractivity contribution >= 4 is 23.2 Å². The monoisotopic (exact) mass is 350 g/mol. The minimum Gasteiger partial charge on any atom is -0.368 e. The fourth-order valence-electron chi connectivity index (χ4n) is 3.63. The van der Waals surface area contributed by atoms with Crippen molar-refractivity contribution in [1.82, 2.24) is 4.90 Å². The lowest BCUT2D eigenvalue weighted by molar-refractivity contribution is -0.139. The summed E-state index contributed by atoms with van der Waals surface area (Å²) in [6.07, 6.45) is 6.27. The second-order valence-corrected chi connectivity index (χ2v) is 7.31. The Labute approximate surface area is 149 Å². The number of amides is 1. The summed E-state index contributed by atoms with van der Waals surface area (Å²) in [6, 6.07) is 5.98. The fraction of sp³-hybridized carbons (Fsp3) is 0.632. The normalized spacial score (nSPS) is 19.6. The van der Waals surface area contributed by atoms with E-state index < -0.39 is 0 Å². The predicted octanol–water partition coefficient (Wildman–Crippen LogP) is 3.65. The number of hydrogen-bond donors (Lipinski definition) is 0. The molecule has 2 aliphatic rings. The van der Waals surface area contributed by atoms with E-state index in [1.54, 1.807) is 0 Å². The van der Waals surface area contributed by atoms with Gasteiger partial charge in [-0.3, -0.25) is 4.79 Å². The number of ether oxygens (including phenoxy) is 1. The first kappa shape index (κ1) is 17.6. The summed E-state index contributed by atoms with van der Waals surface area (Å²) in [5, 5.41) is 0.759. The molecule has 1 amide bonds. The van der Waals surface area contributed by atoms with Crippen LogP contribution < -0.4 is 4.90 Å². The average Bonchev–Trinajstić information content (AvgIpc) is 2.63. The molecule has 1 heterocycles. The van der Waals surface area contributed by atoms with Crippen molar-refractivity contribution in [3.8, 4) is 0 Å². The second kappa shape index (κ2) is 8.21. The van der Waals surface area contributed by atoms with Crippen LogP contribution in [0, 0.1) is 6.92 Å². The van der Waals surface area contributed by atoms with Crippen molar-refractivity contribution in [2.75, 3.05) is 37.7 Å². The lowest BCUT2D eigenvalue weighted by atomic mass is 9.98. The summed E-state index contributed by atoms with van der Waals surface area (Å²) in [4.78, 5) is 16.6. The number of carbonyl (C=O) groups excluding carboxylic acids is 1. The molecule has 0 spiro atoms. The zero-order valence-electron chi connectivity index (χ0n) is 14.5. The molecule has 24 heavy (non-hydrogen) atoms. The van der Waals surface area contributed by atoms with Crippen molar-refractivity contribution in [2.45, 2.75) is 45.1 Å². The van der Waals surface area contributed by atoms with Crippen LogP contribution in [0.15, 0.2) is 18.2 Å². The summed E-state index contributed by atoms with van der Waals surface area (Å²) in [5.74, 6) is 0.128. The Kier molecular flexibility index (Phi) is 6.01. The van der Waals surface area contributed by atoms with Gasteiger partial charge in [0.2, 0.25) is 5.91 Å².